The average Bonchev–Trinajstić information content (AvgIpc) is 2.82. The summed E-state index contributed by atoms with van der Waals surface area (Å²) in [5.74, 6) is 1.25. The van der Waals surface area contributed by atoms with E-state index in [-0.39, 0.29) is 5.91 Å². The Hall–Kier alpha value is -2.21. The number of aryl methyl sites for hydroxylation is 1. The van der Waals surface area contributed by atoms with Crippen LogP contribution in [-0.2, 0) is 17.8 Å². The third-order valence-corrected chi connectivity index (χ3v) is 2.69. The normalized spacial score (nSPS) is 10.5. The minimum absolute atomic E-state index is 0.0641. The minimum Gasteiger partial charge on any atom is -0.339 e. The van der Waals surface area contributed by atoms with Crippen LogP contribution < -0.4 is 10.6 Å². The van der Waals surface area contributed by atoms with Crippen molar-refractivity contribution in [1.29, 1.82) is 0 Å². The van der Waals surface area contributed by atoms with E-state index in [0.29, 0.717) is 18.1 Å². The average molecular weight is 274 g/mol. The second-order valence-electron chi connectivity index (χ2n) is 4.54. The van der Waals surface area contributed by atoms with Gasteiger partial charge in [0, 0.05) is 32.1 Å². The number of hydrogen-bond donors (Lipinski definition) is 2. The minimum atomic E-state index is -0.0641. The van der Waals surface area contributed by atoms with Crippen LogP contribution in [0.4, 0.5) is 5.69 Å². The van der Waals surface area contributed by atoms with Crippen LogP contribution in [0.5, 0.6) is 0 Å². The number of rotatable bonds is 6. The summed E-state index contributed by atoms with van der Waals surface area (Å²) >= 11 is 0. The molecule has 0 aliphatic rings. The summed E-state index contributed by atoms with van der Waals surface area (Å²) < 4.78 is 5.03. The molecule has 20 heavy (non-hydrogen) atoms. The van der Waals surface area contributed by atoms with Gasteiger partial charge in [-0.15, -0.1) is 0 Å². The Balaban J connectivity index is 1.72. The van der Waals surface area contributed by atoms with E-state index in [2.05, 4.69) is 20.8 Å². The highest BCUT2D eigenvalue weighted by Gasteiger charge is 2.01. The number of amides is 1. The monoisotopic (exact) mass is 274 g/mol. The smallest absolute Gasteiger partial charge is 0.227 e. The number of hydrogen-bond acceptors (Lipinski definition) is 5. The molecular formula is C14H18N4O2. The summed E-state index contributed by atoms with van der Waals surface area (Å²) in [6.07, 6.45) is 0.713. The molecule has 6 heteroatoms. The van der Waals surface area contributed by atoms with Crippen LogP contribution in [0, 0.1) is 6.92 Å². The Morgan fingerprint density at radius 3 is 2.65 bits per heavy atom. The topological polar surface area (TPSA) is 80.0 Å². The Morgan fingerprint density at radius 1 is 1.30 bits per heavy atom. The lowest BCUT2D eigenvalue weighted by molar-refractivity contribution is -0.114. The van der Waals surface area contributed by atoms with E-state index in [1.165, 1.54) is 6.92 Å². The fourth-order valence-corrected chi connectivity index (χ4v) is 1.78. The Bertz CT molecular complexity index is 563. The second kappa shape index (κ2) is 6.81. The number of anilines is 1. The molecule has 0 saturated carbocycles. The van der Waals surface area contributed by atoms with Crippen LogP contribution in [0.15, 0.2) is 28.8 Å². The van der Waals surface area contributed by atoms with Crippen molar-refractivity contribution >= 4 is 11.6 Å². The van der Waals surface area contributed by atoms with Crippen molar-refractivity contribution in [3.8, 4) is 0 Å². The van der Waals surface area contributed by atoms with Crippen molar-refractivity contribution < 1.29 is 9.32 Å². The molecule has 1 aromatic heterocycles. The third-order valence-electron chi connectivity index (χ3n) is 2.69. The van der Waals surface area contributed by atoms with Crippen molar-refractivity contribution in [1.82, 2.24) is 15.5 Å². The third kappa shape index (κ3) is 4.47. The van der Waals surface area contributed by atoms with E-state index in [4.69, 9.17) is 4.52 Å². The first-order valence-corrected chi connectivity index (χ1v) is 6.50. The van der Waals surface area contributed by atoms with Gasteiger partial charge in [0.15, 0.2) is 5.82 Å². The molecule has 1 amide bonds. The summed E-state index contributed by atoms with van der Waals surface area (Å²) in [4.78, 5) is 15.0. The molecule has 0 saturated heterocycles. The fraction of sp³-hybridized carbons (Fsp3) is 0.357. The van der Waals surface area contributed by atoms with E-state index < -0.39 is 0 Å². The van der Waals surface area contributed by atoms with Gasteiger partial charge in [-0.3, -0.25) is 4.79 Å². The fourth-order valence-electron chi connectivity index (χ4n) is 1.78. The first-order valence-electron chi connectivity index (χ1n) is 6.50. The lowest BCUT2D eigenvalue weighted by Crippen LogP contribution is -2.16. The SMILES string of the molecule is CC(=O)Nc1ccc(CNCCc2nc(C)no2)cc1. The maximum Gasteiger partial charge on any atom is 0.227 e. The maximum atomic E-state index is 10.9. The van der Waals surface area contributed by atoms with Gasteiger partial charge in [-0.25, -0.2) is 0 Å². The molecule has 0 spiro atoms. The molecule has 1 aromatic carbocycles. The van der Waals surface area contributed by atoms with E-state index in [1.54, 1.807) is 6.92 Å². The number of carbonyl (C=O) groups excluding carboxylic acids is 1. The summed E-state index contributed by atoms with van der Waals surface area (Å²) in [7, 11) is 0. The van der Waals surface area contributed by atoms with E-state index in [9.17, 15) is 4.79 Å². The molecule has 1 heterocycles. The van der Waals surface area contributed by atoms with Gasteiger partial charge >= 0.3 is 0 Å². The van der Waals surface area contributed by atoms with Gasteiger partial charge in [0.1, 0.15) is 0 Å². The van der Waals surface area contributed by atoms with Gasteiger partial charge in [-0.2, -0.15) is 4.98 Å². The number of nitrogens with zero attached hydrogens (tertiary/aromatic N) is 2. The molecule has 0 atom stereocenters. The summed E-state index contributed by atoms with van der Waals surface area (Å²) in [6, 6.07) is 7.74. The van der Waals surface area contributed by atoms with Gasteiger partial charge in [0.2, 0.25) is 11.8 Å². The van der Waals surface area contributed by atoms with Crippen LogP contribution in [0.25, 0.3) is 0 Å². The standard InChI is InChI=1S/C14H18N4O2/c1-10-16-14(20-18-10)7-8-15-9-12-3-5-13(6-4-12)17-11(2)19/h3-6,15H,7-9H2,1-2H3,(H,17,19). The van der Waals surface area contributed by atoms with E-state index >= 15 is 0 Å². The molecule has 0 radical (unpaired) electrons. The molecule has 106 valence electrons. The molecule has 0 bridgehead atoms. The zero-order valence-corrected chi connectivity index (χ0v) is 11.6. The van der Waals surface area contributed by atoms with Crippen LogP contribution in [0.2, 0.25) is 0 Å². The highest BCUT2D eigenvalue weighted by Crippen LogP contribution is 2.09. The predicted octanol–water partition coefficient (Wildman–Crippen LogP) is 1.67. The highest BCUT2D eigenvalue weighted by molar-refractivity contribution is 5.88. The molecule has 6 nitrogen and oxygen atoms in total. The number of aromatic nitrogens is 2. The van der Waals surface area contributed by atoms with Crippen molar-refractivity contribution in [2.75, 3.05) is 11.9 Å². The quantitative estimate of drug-likeness (QED) is 0.783. The lowest BCUT2D eigenvalue weighted by atomic mass is 10.2. The van der Waals surface area contributed by atoms with Crippen molar-refractivity contribution in [2.24, 2.45) is 0 Å². The summed E-state index contributed by atoms with van der Waals surface area (Å²) in [6.45, 7) is 4.83. The predicted molar refractivity (Wildman–Crippen MR) is 75.2 cm³/mol. The van der Waals surface area contributed by atoms with Crippen LogP contribution in [-0.4, -0.2) is 22.6 Å². The first-order chi connectivity index (χ1) is 9.63. The number of carbonyl (C=O) groups is 1. The molecule has 0 aliphatic carbocycles. The number of benzene rings is 1. The molecule has 2 N–H and O–H groups in total. The zero-order chi connectivity index (χ0) is 14.4. The first kappa shape index (κ1) is 14.2. The van der Waals surface area contributed by atoms with Crippen LogP contribution in [0.3, 0.4) is 0 Å². The van der Waals surface area contributed by atoms with E-state index in [1.807, 2.05) is 24.3 Å². The zero-order valence-electron chi connectivity index (χ0n) is 11.6. The van der Waals surface area contributed by atoms with Crippen molar-refractivity contribution in [2.45, 2.75) is 26.8 Å². The van der Waals surface area contributed by atoms with Gasteiger partial charge in [0.25, 0.3) is 0 Å². The van der Waals surface area contributed by atoms with Crippen LogP contribution >= 0.6 is 0 Å². The van der Waals surface area contributed by atoms with Gasteiger partial charge in [-0.1, -0.05) is 17.3 Å². The lowest BCUT2D eigenvalue weighted by Gasteiger charge is -2.05. The van der Waals surface area contributed by atoms with Crippen LogP contribution in [0.1, 0.15) is 24.2 Å². The molecule has 2 rings (SSSR count). The van der Waals surface area contributed by atoms with Gasteiger partial charge < -0.3 is 15.2 Å². The highest BCUT2D eigenvalue weighted by atomic mass is 16.5. The number of nitrogens with one attached hydrogen (secondary N) is 2. The Labute approximate surface area is 117 Å². The van der Waals surface area contributed by atoms with Gasteiger partial charge in [0.05, 0.1) is 0 Å². The Kier molecular flexibility index (Phi) is 4.84. The Morgan fingerprint density at radius 2 is 2.05 bits per heavy atom. The van der Waals surface area contributed by atoms with Gasteiger partial charge in [-0.05, 0) is 24.6 Å². The van der Waals surface area contributed by atoms with Crippen molar-refractivity contribution in [3.05, 3.63) is 41.5 Å². The largest absolute Gasteiger partial charge is 0.339 e. The molecule has 0 unspecified atom stereocenters. The molecule has 0 fully saturated rings. The summed E-state index contributed by atoms with van der Waals surface area (Å²) in [5, 5.41) is 9.78. The molecule has 2 aromatic rings. The van der Waals surface area contributed by atoms with E-state index in [0.717, 1.165) is 24.3 Å². The molecule has 0 aliphatic heterocycles. The second-order valence-corrected chi connectivity index (χ2v) is 4.54. The molecular weight excluding hydrogens is 256 g/mol. The van der Waals surface area contributed by atoms with Crippen molar-refractivity contribution in [3.63, 3.8) is 0 Å². The maximum absolute atomic E-state index is 10.9. The summed E-state index contributed by atoms with van der Waals surface area (Å²) in [5.41, 5.74) is 1.96.